The van der Waals surface area contributed by atoms with Crippen LogP contribution in [-0.2, 0) is 0 Å². The third-order valence-electron chi connectivity index (χ3n) is 4.72. The van der Waals surface area contributed by atoms with Crippen molar-refractivity contribution < 1.29 is 9.47 Å². The van der Waals surface area contributed by atoms with Gasteiger partial charge in [0.05, 0.1) is 0 Å². The zero-order valence-electron chi connectivity index (χ0n) is 16.7. The molecule has 0 bridgehead atoms. The van der Waals surface area contributed by atoms with Gasteiger partial charge in [0.2, 0.25) is 5.95 Å². The van der Waals surface area contributed by atoms with Gasteiger partial charge in [0.25, 0.3) is 0 Å². The summed E-state index contributed by atoms with van der Waals surface area (Å²) in [5, 5.41) is 6.54. The predicted molar refractivity (Wildman–Crippen MR) is 116 cm³/mol. The van der Waals surface area contributed by atoms with Gasteiger partial charge in [-0.25, -0.2) is 4.98 Å². The molecule has 150 valence electrons. The first-order valence-corrected chi connectivity index (χ1v) is 9.87. The minimum atomic E-state index is 0.506. The fourth-order valence-corrected chi connectivity index (χ4v) is 3.23. The lowest BCUT2D eigenvalue weighted by Crippen LogP contribution is -2.21. The summed E-state index contributed by atoms with van der Waals surface area (Å²) in [5.74, 6) is 2.71. The van der Waals surface area contributed by atoms with Crippen molar-refractivity contribution in [3.8, 4) is 11.5 Å². The molecule has 2 aromatic carbocycles. The average molecular weight is 391 g/mol. The predicted octanol–water partition coefficient (Wildman–Crippen LogP) is 4.58. The van der Waals surface area contributed by atoms with E-state index >= 15 is 0 Å². The van der Waals surface area contributed by atoms with E-state index in [9.17, 15) is 0 Å². The summed E-state index contributed by atoms with van der Waals surface area (Å²) in [7, 11) is 0. The molecule has 1 aliphatic rings. The van der Waals surface area contributed by atoms with Gasteiger partial charge in [-0.15, -0.1) is 0 Å². The summed E-state index contributed by atoms with van der Waals surface area (Å²) in [6.45, 7) is 7.43. The summed E-state index contributed by atoms with van der Waals surface area (Å²) in [4.78, 5) is 11.2. The molecule has 0 atom stereocenters. The number of nitrogens with one attached hydrogen (secondary N) is 2. The van der Waals surface area contributed by atoms with Crippen molar-refractivity contribution in [2.45, 2.75) is 13.8 Å². The van der Waals surface area contributed by atoms with Crippen molar-refractivity contribution >= 4 is 28.8 Å². The molecule has 0 saturated carbocycles. The van der Waals surface area contributed by atoms with Gasteiger partial charge < -0.3 is 25.0 Å². The van der Waals surface area contributed by atoms with E-state index in [4.69, 9.17) is 9.47 Å². The fraction of sp³-hybridized carbons (Fsp3) is 0.273. The summed E-state index contributed by atoms with van der Waals surface area (Å²) in [6.07, 6.45) is 1.72. The number of fused-ring (bicyclic) bond motifs is 1. The highest BCUT2D eigenvalue weighted by Crippen LogP contribution is 2.33. The Hall–Kier alpha value is -3.48. The van der Waals surface area contributed by atoms with Crippen LogP contribution in [0, 0.1) is 0 Å². The van der Waals surface area contributed by atoms with Crippen LogP contribution in [0.5, 0.6) is 11.5 Å². The van der Waals surface area contributed by atoms with Crippen LogP contribution in [0.15, 0.2) is 54.7 Å². The number of anilines is 5. The second-order valence-electron chi connectivity index (χ2n) is 6.59. The maximum absolute atomic E-state index is 5.63. The highest BCUT2D eigenvalue weighted by atomic mass is 16.6. The van der Waals surface area contributed by atoms with E-state index in [0.29, 0.717) is 19.2 Å². The second kappa shape index (κ2) is 8.68. The van der Waals surface area contributed by atoms with Crippen LogP contribution in [-0.4, -0.2) is 36.3 Å². The lowest BCUT2D eigenvalue weighted by molar-refractivity contribution is 0.171. The molecular weight excluding hydrogens is 366 g/mol. The molecule has 0 saturated heterocycles. The van der Waals surface area contributed by atoms with E-state index in [0.717, 1.165) is 41.8 Å². The van der Waals surface area contributed by atoms with Gasteiger partial charge in [-0.2, -0.15) is 4.98 Å². The number of ether oxygens (including phenoxy) is 2. The maximum atomic E-state index is 5.63. The Morgan fingerprint density at radius 1 is 0.862 bits per heavy atom. The lowest BCUT2D eigenvalue weighted by atomic mass is 10.2. The molecule has 0 spiro atoms. The van der Waals surface area contributed by atoms with Gasteiger partial charge in [-0.05, 0) is 56.3 Å². The van der Waals surface area contributed by atoms with Crippen molar-refractivity contribution in [2.75, 3.05) is 41.8 Å². The largest absolute Gasteiger partial charge is 0.486 e. The minimum absolute atomic E-state index is 0.506. The fourth-order valence-electron chi connectivity index (χ4n) is 3.23. The maximum Gasteiger partial charge on any atom is 0.229 e. The van der Waals surface area contributed by atoms with Crippen molar-refractivity contribution in [2.24, 2.45) is 0 Å². The van der Waals surface area contributed by atoms with Gasteiger partial charge >= 0.3 is 0 Å². The number of nitrogens with zero attached hydrogens (tertiary/aromatic N) is 3. The third-order valence-corrected chi connectivity index (χ3v) is 4.72. The molecule has 0 radical (unpaired) electrons. The summed E-state index contributed by atoms with van der Waals surface area (Å²) < 4.78 is 11.2. The van der Waals surface area contributed by atoms with Crippen molar-refractivity contribution in [1.29, 1.82) is 0 Å². The van der Waals surface area contributed by atoms with Crippen LogP contribution in [0.3, 0.4) is 0 Å². The Balaban J connectivity index is 1.45. The highest BCUT2D eigenvalue weighted by molar-refractivity contribution is 5.63. The van der Waals surface area contributed by atoms with Gasteiger partial charge in [0.15, 0.2) is 11.5 Å². The van der Waals surface area contributed by atoms with E-state index in [1.807, 2.05) is 24.3 Å². The van der Waals surface area contributed by atoms with Crippen LogP contribution in [0.25, 0.3) is 0 Å². The normalized spacial score (nSPS) is 12.3. The second-order valence-corrected chi connectivity index (χ2v) is 6.59. The molecule has 7 nitrogen and oxygen atoms in total. The molecule has 2 heterocycles. The van der Waals surface area contributed by atoms with Gasteiger partial charge in [-0.1, -0.05) is 0 Å². The number of hydrogen-bond donors (Lipinski definition) is 2. The van der Waals surface area contributed by atoms with Crippen molar-refractivity contribution in [3.05, 3.63) is 54.7 Å². The van der Waals surface area contributed by atoms with Crippen molar-refractivity contribution in [1.82, 2.24) is 9.97 Å². The van der Waals surface area contributed by atoms with Crippen LogP contribution in [0.1, 0.15) is 13.8 Å². The molecule has 2 N–H and O–H groups in total. The Labute approximate surface area is 170 Å². The zero-order chi connectivity index (χ0) is 20.1. The average Bonchev–Trinajstić information content (AvgIpc) is 2.76. The van der Waals surface area contributed by atoms with Gasteiger partial charge in [0, 0.05) is 42.4 Å². The molecule has 1 aliphatic heterocycles. The van der Waals surface area contributed by atoms with Gasteiger partial charge in [0.1, 0.15) is 19.0 Å². The quantitative estimate of drug-likeness (QED) is 0.611. The van der Waals surface area contributed by atoms with Gasteiger partial charge in [-0.3, -0.25) is 0 Å². The standard InChI is InChI=1S/C22H25N5O2/c1-3-27(4-2)18-8-5-16(6-9-18)24-21-11-12-23-22(26-21)25-17-7-10-19-20(15-17)29-14-13-28-19/h5-12,15H,3-4,13-14H2,1-2H3,(H2,23,24,25,26). The molecule has 0 amide bonds. The SMILES string of the molecule is CCN(CC)c1ccc(Nc2ccnc(Nc3ccc4c(c3)OCCO4)n2)cc1. The topological polar surface area (TPSA) is 71.5 Å². The number of hydrogen-bond acceptors (Lipinski definition) is 7. The number of rotatable bonds is 7. The lowest BCUT2D eigenvalue weighted by Gasteiger charge is -2.21. The molecule has 0 unspecified atom stereocenters. The molecule has 4 rings (SSSR count). The summed E-state index contributed by atoms with van der Waals surface area (Å²) in [6, 6.07) is 15.9. The minimum Gasteiger partial charge on any atom is -0.486 e. The van der Waals surface area contributed by atoms with E-state index in [2.05, 4.69) is 63.6 Å². The summed E-state index contributed by atoms with van der Waals surface area (Å²) >= 11 is 0. The van der Waals surface area contributed by atoms with E-state index in [1.54, 1.807) is 6.20 Å². The van der Waals surface area contributed by atoms with Crippen LogP contribution < -0.4 is 25.0 Å². The van der Waals surface area contributed by atoms with Crippen LogP contribution in [0.4, 0.5) is 28.8 Å². The first-order valence-electron chi connectivity index (χ1n) is 9.87. The Morgan fingerprint density at radius 2 is 1.59 bits per heavy atom. The monoisotopic (exact) mass is 391 g/mol. The van der Waals surface area contributed by atoms with E-state index < -0.39 is 0 Å². The Morgan fingerprint density at radius 3 is 2.34 bits per heavy atom. The smallest absolute Gasteiger partial charge is 0.229 e. The number of aromatic nitrogens is 2. The van der Waals surface area contributed by atoms with E-state index in [-0.39, 0.29) is 0 Å². The molecule has 7 heteroatoms. The summed E-state index contributed by atoms with van der Waals surface area (Å²) in [5.41, 5.74) is 3.03. The molecule has 3 aromatic rings. The number of benzene rings is 2. The molecule has 1 aromatic heterocycles. The van der Waals surface area contributed by atoms with E-state index in [1.165, 1.54) is 5.69 Å². The van der Waals surface area contributed by atoms with Crippen LogP contribution in [0.2, 0.25) is 0 Å². The molecule has 0 fully saturated rings. The zero-order valence-corrected chi connectivity index (χ0v) is 16.7. The molecule has 29 heavy (non-hydrogen) atoms. The Kier molecular flexibility index (Phi) is 5.65. The first-order chi connectivity index (χ1) is 14.2. The highest BCUT2D eigenvalue weighted by Gasteiger charge is 2.12. The Bertz CT molecular complexity index is 958. The third kappa shape index (κ3) is 4.51. The van der Waals surface area contributed by atoms with Crippen LogP contribution >= 0.6 is 0 Å². The molecule has 0 aliphatic carbocycles. The molecular formula is C22H25N5O2. The first kappa shape index (κ1) is 18.9. The van der Waals surface area contributed by atoms with Crippen molar-refractivity contribution in [3.63, 3.8) is 0 Å².